The van der Waals surface area contributed by atoms with E-state index in [1.54, 1.807) is 37.5 Å². The molecule has 0 unspecified atom stereocenters. The van der Waals surface area contributed by atoms with Gasteiger partial charge in [-0.2, -0.15) is 0 Å². The summed E-state index contributed by atoms with van der Waals surface area (Å²) >= 11 is 1.47. The van der Waals surface area contributed by atoms with E-state index in [2.05, 4.69) is 5.32 Å². The Hall–Kier alpha value is -1.50. The molecule has 0 saturated carbocycles. The number of allylic oxidation sites excluding steroid dienone is 1. The first-order chi connectivity index (χ1) is 11.1. The average Bonchev–Trinajstić information content (AvgIpc) is 2.58. The van der Waals surface area contributed by atoms with Gasteiger partial charge in [0.25, 0.3) is 0 Å². The van der Waals surface area contributed by atoms with Crippen molar-refractivity contribution in [2.45, 2.75) is 20.1 Å². The minimum atomic E-state index is -0.323. The van der Waals surface area contributed by atoms with Crippen molar-refractivity contribution in [1.82, 2.24) is 5.32 Å². The fourth-order valence-electron chi connectivity index (χ4n) is 1.86. The molecule has 0 saturated heterocycles. The molecule has 0 bridgehead atoms. The third-order valence-electron chi connectivity index (χ3n) is 3.00. The van der Waals surface area contributed by atoms with Crippen LogP contribution in [0.4, 0.5) is 0 Å². The van der Waals surface area contributed by atoms with Gasteiger partial charge in [0.05, 0.1) is 18.7 Å². The van der Waals surface area contributed by atoms with Gasteiger partial charge in [0, 0.05) is 24.9 Å². The first-order valence-electron chi connectivity index (χ1n) is 7.55. The van der Waals surface area contributed by atoms with Gasteiger partial charge >= 0.3 is 0 Å². The molecule has 0 amide bonds. The molecule has 0 aliphatic heterocycles. The van der Waals surface area contributed by atoms with Gasteiger partial charge in [0.2, 0.25) is 0 Å². The molecule has 1 rings (SSSR count). The number of carbonyl (C=O) groups is 1. The molecule has 1 aromatic rings. The number of nitrogens with one attached hydrogen (secondary N) is 1. The zero-order valence-electron chi connectivity index (χ0n) is 14.1. The van der Waals surface area contributed by atoms with Crippen molar-refractivity contribution in [3.63, 3.8) is 0 Å². The molecule has 0 heterocycles. The number of hydrogen-bond acceptors (Lipinski definition) is 6. The first-order valence-corrected chi connectivity index (χ1v) is 8.78. The Morgan fingerprint density at radius 3 is 2.30 bits per heavy atom. The van der Waals surface area contributed by atoms with E-state index in [-0.39, 0.29) is 12.1 Å². The van der Waals surface area contributed by atoms with E-state index in [1.807, 2.05) is 20.1 Å². The molecule has 128 valence electrons. The van der Waals surface area contributed by atoms with E-state index < -0.39 is 0 Å². The second-order valence-electron chi connectivity index (χ2n) is 4.53. The summed E-state index contributed by atoms with van der Waals surface area (Å²) in [6.45, 7) is 5.49. The van der Waals surface area contributed by atoms with Crippen LogP contribution in [0.5, 0.6) is 5.75 Å². The van der Waals surface area contributed by atoms with Crippen LogP contribution in [0.3, 0.4) is 0 Å². The quantitative estimate of drug-likeness (QED) is 0.380. The van der Waals surface area contributed by atoms with Crippen LogP contribution in [0.15, 0.2) is 35.4 Å². The minimum Gasteiger partial charge on any atom is -0.497 e. The number of carbonyl (C=O) groups excluding carboxylic acids is 1. The lowest BCUT2D eigenvalue weighted by molar-refractivity contribution is -0.131. The van der Waals surface area contributed by atoms with Crippen LogP contribution in [-0.4, -0.2) is 45.2 Å². The smallest absolute Gasteiger partial charge is 0.188 e. The molecule has 0 radical (unpaired) electrons. The van der Waals surface area contributed by atoms with Crippen molar-refractivity contribution in [2.24, 2.45) is 0 Å². The summed E-state index contributed by atoms with van der Waals surface area (Å²) in [5, 5.41) is 3.96. The molecule has 23 heavy (non-hydrogen) atoms. The Morgan fingerprint density at radius 2 is 1.83 bits per heavy atom. The summed E-state index contributed by atoms with van der Waals surface area (Å²) in [6, 6.07) is 7.04. The molecule has 0 spiro atoms. The maximum absolute atomic E-state index is 12.3. The highest BCUT2D eigenvalue weighted by molar-refractivity contribution is 8.02. The molecule has 0 aromatic heterocycles. The predicted octanol–water partition coefficient (Wildman–Crippen LogP) is 3.07. The molecule has 6 heteroatoms. The SMILES string of the molecule is CCOC(CN/C(=C/C(=O)c1ccc(OC)cc1)SC)OCC. The van der Waals surface area contributed by atoms with E-state index in [4.69, 9.17) is 14.2 Å². The number of thioether (sulfide) groups is 1. The van der Waals surface area contributed by atoms with Crippen molar-refractivity contribution < 1.29 is 19.0 Å². The number of ketones is 1. The number of rotatable bonds is 11. The summed E-state index contributed by atoms with van der Waals surface area (Å²) < 4.78 is 16.0. The number of hydrogen-bond donors (Lipinski definition) is 1. The monoisotopic (exact) mass is 339 g/mol. The molecule has 0 aliphatic carbocycles. The van der Waals surface area contributed by atoms with Crippen molar-refractivity contribution >= 4 is 17.5 Å². The lowest BCUT2D eigenvalue weighted by atomic mass is 10.1. The van der Waals surface area contributed by atoms with Gasteiger partial charge in [-0.05, 0) is 44.4 Å². The van der Waals surface area contributed by atoms with Gasteiger partial charge in [0.1, 0.15) is 5.75 Å². The summed E-state index contributed by atoms with van der Waals surface area (Å²) in [4.78, 5) is 12.3. The lowest BCUT2D eigenvalue weighted by Crippen LogP contribution is -2.30. The van der Waals surface area contributed by atoms with E-state index in [1.165, 1.54) is 11.8 Å². The summed E-state index contributed by atoms with van der Waals surface area (Å²) in [5.74, 6) is 0.666. The maximum atomic E-state index is 12.3. The number of benzene rings is 1. The molecular weight excluding hydrogens is 314 g/mol. The van der Waals surface area contributed by atoms with E-state index in [0.717, 1.165) is 10.8 Å². The van der Waals surface area contributed by atoms with Crippen LogP contribution < -0.4 is 10.1 Å². The fourth-order valence-corrected chi connectivity index (χ4v) is 2.31. The van der Waals surface area contributed by atoms with E-state index in [9.17, 15) is 4.79 Å². The zero-order valence-corrected chi connectivity index (χ0v) is 14.9. The average molecular weight is 339 g/mol. The third-order valence-corrected chi connectivity index (χ3v) is 3.71. The van der Waals surface area contributed by atoms with Crippen LogP contribution >= 0.6 is 11.8 Å². The molecule has 0 atom stereocenters. The molecule has 1 aromatic carbocycles. The minimum absolute atomic E-state index is 0.0612. The predicted molar refractivity (Wildman–Crippen MR) is 94.0 cm³/mol. The third kappa shape index (κ3) is 7.07. The van der Waals surface area contributed by atoms with Gasteiger partial charge in [-0.25, -0.2) is 0 Å². The Bertz CT molecular complexity index is 496. The van der Waals surface area contributed by atoms with Gasteiger partial charge < -0.3 is 19.5 Å². The number of methoxy groups -OCH3 is 1. The van der Waals surface area contributed by atoms with Crippen LogP contribution in [0.25, 0.3) is 0 Å². The summed E-state index contributed by atoms with van der Waals surface area (Å²) in [5.41, 5.74) is 0.616. The molecule has 1 N–H and O–H groups in total. The van der Waals surface area contributed by atoms with Crippen molar-refractivity contribution in [3.8, 4) is 5.75 Å². The Kier molecular flexibility index (Phi) is 9.43. The first kappa shape index (κ1) is 19.5. The van der Waals surface area contributed by atoms with Crippen LogP contribution in [0, 0.1) is 0 Å². The highest BCUT2D eigenvalue weighted by Gasteiger charge is 2.10. The highest BCUT2D eigenvalue weighted by Crippen LogP contribution is 2.14. The molecular formula is C17H25NO4S. The second-order valence-corrected chi connectivity index (χ2v) is 5.37. The fraction of sp³-hybridized carbons (Fsp3) is 0.471. The van der Waals surface area contributed by atoms with Gasteiger partial charge in [0.15, 0.2) is 12.1 Å². The summed E-state index contributed by atoms with van der Waals surface area (Å²) in [6.07, 6.45) is 3.18. The standard InChI is InChI=1S/C17H25NO4S/c1-5-21-17(22-6-2)12-18-16(23-4)11-15(19)13-7-9-14(20-3)10-8-13/h7-11,17-18H,5-6,12H2,1-4H3/b16-11-. The van der Waals surface area contributed by atoms with Crippen LogP contribution in [0.2, 0.25) is 0 Å². The van der Waals surface area contributed by atoms with Crippen molar-refractivity contribution in [1.29, 1.82) is 0 Å². The Morgan fingerprint density at radius 1 is 1.22 bits per heavy atom. The second kappa shape index (κ2) is 11.1. The van der Waals surface area contributed by atoms with Crippen molar-refractivity contribution in [3.05, 3.63) is 40.9 Å². The van der Waals surface area contributed by atoms with E-state index >= 15 is 0 Å². The number of ether oxygens (including phenoxy) is 3. The van der Waals surface area contributed by atoms with Gasteiger partial charge in [-0.15, -0.1) is 11.8 Å². The molecule has 5 nitrogen and oxygen atoms in total. The highest BCUT2D eigenvalue weighted by atomic mass is 32.2. The Labute approximate surface area is 142 Å². The molecule has 0 aliphatic rings. The van der Waals surface area contributed by atoms with Crippen LogP contribution in [0.1, 0.15) is 24.2 Å². The Balaban J connectivity index is 2.66. The van der Waals surface area contributed by atoms with Crippen molar-refractivity contribution in [2.75, 3.05) is 33.1 Å². The van der Waals surface area contributed by atoms with E-state index in [0.29, 0.717) is 25.3 Å². The topological polar surface area (TPSA) is 56.8 Å². The summed E-state index contributed by atoms with van der Waals surface area (Å²) in [7, 11) is 1.60. The zero-order chi connectivity index (χ0) is 17.1. The van der Waals surface area contributed by atoms with Gasteiger partial charge in [-0.3, -0.25) is 4.79 Å². The maximum Gasteiger partial charge on any atom is 0.188 e. The largest absolute Gasteiger partial charge is 0.497 e. The van der Waals surface area contributed by atoms with Crippen LogP contribution in [-0.2, 0) is 9.47 Å². The normalized spacial score (nSPS) is 11.6. The van der Waals surface area contributed by atoms with Gasteiger partial charge in [-0.1, -0.05) is 0 Å². The molecule has 0 fully saturated rings. The lowest BCUT2D eigenvalue weighted by Gasteiger charge is -2.18.